The molecule has 0 aliphatic rings. The van der Waals surface area contributed by atoms with E-state index in [0.29, 0.717) is 25.0 Å². The first-order valence-corrected chi connectivity index (χ1v) is 4.76. The van der Waals surface area contributed by atoms with Crippen LogP contribution >= 0.6 is 0 Å². The molecule has 0 saturated heterocycles. The van der Waals surface area contributed by atoms with Crippen molar-refractivity contribution in [2.45, 2.75) is 25.4 Å². The minimum atomic E-state index is -0.602. The van der Waals surface area contributed by atoms with E-state index in [9.17, 15) is 5.11 Å². The van der Waals surface area contributed by atoms with Crippen LogP contribution in [0.25, 0.3) is 0 Å². The number of rotatable bonds is 6. The lowest BCUT2D eigenvalue weighted by molar-refractivity contribution is 0.150. The molecule has 3 nitrogen and oxygen atoms in total. The zero-order valence-corrected chi connectivity index (χ0v) is 8.15. The Morgan fingerprint density at radius 1 is 1.50 bits per heavy atom. The summed E-state index contributed by atoms with van der Waals surface area (Å²) in [7, 11) is 0. The van der Waals surface area contributed by atoms with Crippen molar-refractivity contribution in [1.29, 1.82) is 0 Å². The van der Waals surface area contributed by atoms with Crippen LogP contribution in [0.4, 0.5) is 0 Å². The van der Waals surface area contributed by atoms with Crippen LogP contribution in [-0.4, -0.2) is 16.8 Å². The standard InChI is InChI=1S/C11H16O3/c1-2-4-10(13)11-7-6-9(14-11)5-3-8-12/h2,6-7,10,12-13H,1,3-5,8H2. The van der Waals surface area contributed by atoms with Gasteiger partial charge in [0.2, 0.25) is 0 Å². The summed E-state index contributed by atoms with van der Waals surface area (Å²) in [4.78, 5) is 0. The molecule has 0 saturated carbocycles. The monoisotopic (exact) mass is 196 g/mol. The second-order valence-corrected chi connectivity index (χ2v) is 3.17. The van der Waals surface area contributed by atoms with Crippen molar-refractivity contribution in [3.8, 4) is 0 Å². The van der Waals surface area contributed by atoms with Gasteiger partial charge >= 0.3 is 0 Å². The van der Waals surface area contributed by atoms with Crippen LogP contribution in [-0.2, 0) is 6.42 Å². The molecule has 1 rings (SSSR count). The minimum Gasteiger partial charge on any atom is -0.463 e. The predicted octanol–water partition coefficient (Wildman–Crippen LogP) is 1.81. The third-order valence-corrected chi connectivity index (χ3v) is 1.98. The van der Waals surface area contributed by atoms with E-state index in [2.05, 4.69) is 6.58 Å². The second-order valence-electron chi connectivity index (χ2n) is 3.17. The molecule has 3 heteroatoms. The molecule has 1 unspecified atom stereocenters. The van der Waals surface area contributed by atoms with Gasteiger partial charge in [0.25, 0.3) is 0 Å². The molecule has 0 aliphatic carbocycles. The van der Waals surface area contributed by atoms with Gasteiger partial charge in [0, 0.05) is 13.0 Å². The highest BCUT2D eigenvalue weighted by molar-refractivity contribution is 5.10. The Morgan fingerprint density at radius 2 is 2.29 bits per heavy atom. The van der Waals surface area contributed by atoms with Crippen LogP contribution in [0.15, 0.2) is 29.2 Å². The third-order valence-electron chi connectivity index (χ3n) is 1.98. The van der Waals surface area contributed by atoms with Crippen LogP contribution in [0.2, 0.25) is 0 Å². The average molecular weight is 196 g/mol. The first-order chi connectivity index (χ1) is 6.77. The summed E-state index contributed by atoms with van der Waals surface area (Å²) in [6.07, 6.45) is 2.94. The third kappa shape index (κ3) is 3.01. The molecular weight excluding hydrogens is 180 g/mol. The average Bonchev–Trinajstić information content (AvgIpc) is 2.63. The quantitative estimate of drug-likeness (QED) is 0.682. The topological polar surface area (TPSA) is 53.6 Å². The molecule has 0 amide bonds. The summed E-state index contributed by atoms with van der Waals surface area (Å²) >= 11 is 0. The zero-order chi connectivity index (χ0) is 10.4. The first-order valence-electron chi connectivity index (χ1n) is 4.76. The van der Waals surface area contributed by atoms with Gasteiger partial charge in [-0.05, 0) is 25.0 Å². The number of aliphatic hydroxyl groups is 2. The maximum atomic E-state index is 9.54. The van der Waals surface area contributed by atoms with E-state index in [1.54, 1.807) is 12.1 Å². The first kappa shape index (κ1) is 11.0. The predicted molar refractivity (Wildman–Crippen MR) is 53.9 cm³/mol. The van der Waals surface area contributed by atoms with E-state index in [1.807, 2.05) is 6.07 Å². The van der Waals surface area contributed by atoms with E-state index in [4.69, 9.17) is 9.52 Å². The molecule has 0 spiro atoms. The Bertz CT molecular complexity index is 278. The SMILES string of the molecule is C=CCC(O)c1ccc(CCCO)o1. The van der Waals surface area contributed by atoms with Crippen LogP contribution in [0.3, 0.4) is 0 Å². The number of furan rings is 1. The van der Waals surface area contributed by atoms with Crippen LogP contribution in [0.1, 0.15) is 30.5 Å². The van der Waals surface area contributed by atoms with Gasteiger partial charge in [-0.3, -0.25) is 0 Å². The van der Waals surface area contributed by atoms with Gasteiger partial charge in [0.15, 0.2) is 0 Å². The van der Waals surface area contributed by atoms with Gasteiger partial charge in [-0.1, -0.05) is 6.08 Å². The van der Waals surface area contributed by atoms with Crippen molar-refractivity contribution >= 4 is 0 Å². The Kier molecular flexibility index (Phi) is 4.43. The Labute approximate surface area is 83.7 Å². The summed E-state index contributed by atoms with van der Waals surface area (Å²) in [5.74, 6) is 1.37. The van der Waals surface area contributed by atoms with Gasteiger partial charge in [0.05, 0.1) is 0 Å². The van der Waals surface area contributed by atoms with E-state index in [-0.39, 0.29) is 6.61 Å². The Hall–Kier alpha value is -1.06. The number of hydrogen-bond donors (Lipinski definition) is 2. The molecule has 0 aromatic carbocycles. The van der Waals surface area contributed by atoms with Crippen molar-refractivity contribution in [3.05, 3.63) is 36.3 Å². The van der Waals surface area contributed by atoms with E-state index >= 15 is 0 Å². The molecule has 2 N–H and O–H groups in total. The Balaban J connectivity index is 2.53. The lowest BCUT2D eigenvalue weighted by Gasteiger charge is -2.03. The molecule has 0 radical (unpaired) electrons. The summed E-state index contributed by atoms with van der Waals surface area (Å²) in [6, 6.07) is 3.60. The molecule has 0 aliphatic heterocycles. The molecule has 1 heterocycles. The molecule has 1 aromatic rings. The number of aryl methyl sites for hydroxylation is 1. The fourth-order valence-electron chi connectivity index (χ4n) is 1.24. The van der Waals surface area contributed by atoms with Crippen molar-refractivity contribution in [2.24, 2.45) is 0 Å². The van der Waals surface area contributed by atoms with Crippen molar-refractivity contribution in [3.63, 3.8) is 0 Å². The summed E-state index contributed by atoms with van der Waals surface area (Å²) in [6.45, 7) is 3.71. The lowest BCUT2D eigenvalue weighted by atomic mass is 10.2. The largest absolute Gasteiger partial charge is 0.463 e. The highest BCUT2D eigenvalue weighted by atomic mass is 16.4. The van der Waals surface area contributed by atoms with Gasteiger partial charge in [-0.15, -0.1) is 6.58 Å². The van der Waals surface area contributed by atoms with Crippen LogP contribution in [0, 0.1) is 0 Å². The molecule has 0 bridgehead atoms. The fourth-order valence-corrected chi connectivity index (χ4v) is 1.24. The molecule has 78 valence electrons. The van der Waals surface area contributed by atoms with Crippen molar-refractivity contribution in [1.82, 2.24) is 0 Å². The van der Waals surface area contributed by atoms with Crippen molar-refractivity contribution in [2.75, 3.05) is 6.61 Å². The molecule has 14 heavy (non-hydrogen) atoms. The number of hydrogen-bond acceptors (Lipinski definition) is 3. The highest BCUT2D eigenvalue weighted by Gasteiger charge is 2.10. The van der Waals surface area contributed by atoms with Crippen LogP contribution < -0.4 is 0 Å². The van der Waals surface area contributed by atoms with Gasteiger partial charge in [0.1, 0.15) is 17.6 Å². The normalized spacial score (nSPS) is 12.7. The highest BCUT2D eigenvalue weighted by Crippen LogP contribution is 2.20. The fraction of sp³-hybridized carbons (Fsp3) is 0.455. The summed E-state index contributed by atoms with van der Waals surface area (Å²) in [5, 5.41) is 18.2. The second kappa shape index (κ2) is 5.62. The number of aliphatic hydroxyl groups excluding tert-OH is 2. The summed E-state index contributed by atoms with van der Waals surface area (Å²) in [5.41, 5.74) is 0. The maximum absolute atomic E-state index is 9.54. The van der Waals surface area contributed by atoms with Crippen LogP contribution in [0.5, 0.6) is 0 Å². The van der Waals surface area contributed by atoms with Gasteiger partial charge in [-0.2, -0.15) is 0 Å². The van der Waals surface area contributed by atoms with E-state index in [1.165, 1.54) is 0 Å². The van der Waals surface area contributed by atoms with Crippen molar-refractivity contribution < 1.29 is 14.6 Å². The molecule has 1 atom stereocenters. The molecular formula is C11H16O3. The maximum Gasteiger partial charge on any atom is 0.132 e. The smallest absolute Gasteiger partial charge is 0.132 e. The van der Waals surface area contributed by atoms with E-state index in [0.717, 1.165) is 5.76 Å². The lowest BCUT2D eigenvalue weighted by Crippen LogP contribution is -1.92. The summed E-state index contributed by atoms with van der Waals surface area (Å²) < 4.78 is 5.39. The minimum absolute atomic E-state index is 0.158. The van der Waals surface area contributed by atoms with Gasteiger partial charge < -0.3 is 14.6 Å². The Morgan fingerprint density at radius 3 is 2.93 bits per heavy atom. The molecule has 1 aromatic heterocycles. The molecule has 0 fully saturated rings. The van der Waals surface area contributed by atoms with E-state index < -0.39 is 6.10 Å². The van der Waals surface area contributed by atoms with Gasteiger partial charge in [-0.25, -0.2) is 0 Å². The zero-order valence-electron chi connectivity index (χ0n) is 8.15.